The monoisotopic (exact) mass is 562 g/mol. The fourth-order valence-electron chi connectivity index (χ4n) is 5.01. The minimum absolute atomic E-state index is 0.0336. The largest absolute Gasteiger partial charge is 0.334 e. The number of aryl methyl sites for hydroxylation is 2. The van der Waals surface area contributed by atoms with Crippen molar-refractivity contribution >= 4 is 22.1 Å². The first-order valence-corrected chi connectivity index (χ1v) is 13.6. The Morgan fingerprint density at radius 3 is 2.81 bits per heavy atom. The maximum absolute atomic E-state index is 14.1. The van der Waals surface area contributed by atoms with Crippen molar-refractivity contribution < 1.29 is 0 Å². The standard InChI is InChI=1S/C27H31BrN8O/c1-3-5-9-22-18-35(25-23(28)10-16-34(25)15-4-2)26(37)36(22)19-27(11-13-29-14-12-27)21-8-6-7-20(17-21)24-30-32-33-31-24/h6-8,10-11,13-14,16-18H,3-5,9,12,15,19H2,1-2H3,(H,30,31,32,33). The van der Waals surface area contributed by atoms with Crippen LogP contribution in [-0.4, -0.2) is 40.5 Å². The fraction of sp³-hybridized carbons (Fsp3) is 0.370. The van der Waals surface area contributed by atoms with Crippen molar-refractivity contribution in [3.63, 3.8) is 0 Å². The Morgan fingerprint density at radius 2 is 2.08 bits per heavy atom. The summed E-state index contributed by atoms with van der Waals surface area (Å²) in [6, 6.07) is 10.2. The zero-order valence-corrected chi connectivity index (χ0v) is 22.7. The van der Waals surface area contributed by atoms with Crippen molar-refractivity contribution in [2.75, 3.05) is 0 Å². The first kappa shape index (κ1) is 25.1. The summed E-state index contributed by atoms with van der Waals surface area (Å²) in [7, 11) is 0. The summed E-state index contributed by atoms with van der Waals surface area (Å²) in [5.41, 5.74) is 2.54. The number of hydrogen-bond acceptors (Lipinski definition) is 5. The minimum Gasteiger partial charge on any atom is -0.333 e. The molecule has 4 aromatic rings. The first-order chi connectivity index (χ1) is 18.1. The van der Waals surface area contributed by atoms with E-state index in [-0.39, 0.29) is 5.69 Å². The molecule has 1 aliphatic rings. The molecule has 1 aliphatic heterocycles. The average molecular weight is 564 g/mol. The second-order valence-electron chi connectivity index (χ2n) is 9.48. The van der Waals surface area contributed by atoms with Gasteiger partial charge in [0.2, 0.25) is 0 Å². The Balaban J connectivity index is 1.62. The predicted octanol–water partition coefficient (Wildman–Crippen LogP) is 5.06. The number of nitrogens with one attached hydrogen (secondary N) is 1. The number of tetrazole rings is 1. The van der Waals surface area contributed by atoms with Crippen molar-refractivity contribution in [2.24, 2.45) is 4.99 Å². The summed E-state index contributed by atoms with van der Waals surface area (Å²) in [6.07, 6.45) is 14.5. The van der Waals surface area contributed by atoms with Crippen LogP contribution in [0.3, 0.4) is 0 Å². The summed E-state index contributed by atoms with van der Waals surface area (Å²) >= 11 is 3.68. The van der Waals surface area contributed by atoms with E-state index in [1.165, 1.54) is 0 Å². The molecule has 0 saturated heterocycles. The molecule has 1 unspecified atom stereocenters. The Morgan fingerprint density at radius 1 is 1.19 bits per heavy atom. The van der Waals surface area contributed by atoms with Crippen LogP contribution in [0.2, 0.25) is 0 Å². The van der Waals surface area contributed by atoms with Gasteiger partial charge in [0, 0.05) is 54.6 Å². The number of hydrogen-bond donors (Lipinski definition) is 1. The van der Waals surface area contributed by atoms with E-state index in [0.29, 0.717) is 18.8 Å². The molecule has 0 bridgehead atoms. The van der Waals surface area contributed by atoms with Gasteiger partial charge < -0.3 is 4.57 Å². The van der Waals surface area contributed by atoms with E-state index in [9.17, 15) is 4.79 Å². The number of aliphatic imine (C=N–C) groups is 1. The van der Waals surface area contributed by atoms with Crippen molar-refractivity contribution in [2.45, 2.75) is 64.5 Å². The number of halogens is 1. The van der Waals surface area contributed by atoms with E-state index in [1.54, 1.807) is 4.57 Å². The zero-order valence-electron chi connectivity index (χ0n) is 21.1. The molecule has 192 valence electrons. The van der Waals surface area contributed by atoms with Gasteiger partial charge in [0.1, 0.15) is 5.82 Å². The molecule has 37 heavy (non-hydrogen) atoms. The highest BCUT2D eigenvalue weighted by Crippen LogP contribution is 2.35. The van der Waals surface area contributed by atoms with Crippen molar-refractivity contribution in [1.29, 1.82) is 0 Å². The Labute approximate surface area is 224 Å². The van der Waals surface area contributed by atoms with Crippen LogP contribution in [0.15, 0.2) is 69.3 Å². The van der Waals surface area contributed by atoms with Gasteiger partial charge in [0.05, 0.1) is 4.47 Å². The number of nitrogens with zero attached hydrogens (tertiary/aromatic N) is 7. The Bertz CT molecular complexity index is 1480. The molecule has 5 rings (SSSR count). The van der Waals surface area contributed by atoms with Crippen LogP contribution >= 0.6 is 15.9 Å². The number of allylic oxidation sites excluding steroid dienone is 1. The summed E-state index contributed by atoms with van der Waals surface area (Å²) in [4.78, 5) is 18.4. The van der Waals surface area contributed by atoms with Gasteiger partial charge in [-0.05, 0) is 69.7 Å². The van der Waals surface area contributed by atoms with Crippen LogP contribution in [0.1, 0.15) is 50.8 Å². The van der Waals surface area contributed by atoms with E-state index in [0.717, 1.165) is 59.3 Å². The van der Waals surface area contributed by atoms with E-state index in [2.05, 4.69) is 78.2 Å². The topological polar surface area (TPSA) is 98.7 Å². The van der Waals surface area contributed by atoms with Gasteiger partial charge in [-0.25, -0.2) is 9.89 Å². The third-order valence-corrected chi connectivity index (χ3v) is 7.58. The van der Waals surface area contributed by atoms with Gasteiger partial charge in [-0.15, -0.1) is 5.10 Å². The second kappa shape index (κ2) is 10.8. The van der Waals surface area contributed by atoms with Crippen LogP contribution < -0.4 is 5.69 Å². The number of aromatic amines is 1. The van der Waals surface area contributed by atoms with Crippen LogP contribution in [0.5, 0.6) is 0 Å². The van der Waals surface area contributed by atoms with Crippen molar-refractivity contribution in [3.8, 4) is 17.2 Å². The maximum atomic E-state index is 14.1. The van der Waals surface area contributed by atoms with Crippen LogP contribution in [0.25, 0.3) is 17.2 Å². The van der Waals surface area contributed by atoms with Gasteiger partial charge in [-0.2, -0.15) is 0 Å². The highest BCUT2D eigenvalue weighted by molar-refractivity contribution is 9.10. The number of unbranched alkanes of at least 4 members (excludes halogenated alkanes) is 1. The van der Waals surface area contributed by atoms with Crippen LogP contribution in [0.4, 0.5) is 0 Å². The molecule has 1 atom stereocenters. The molecule has 10 heteroatoms. The smallest absolute Gasteiger partial charge is 0.333 e. The number of imidazole rings is 1. The lowest BCUT2D eigenvalue weighted by molar-refractivity contribution is 0.438. The van der Waals surface area contributed by atoms with Gasteiger partial charge in [-0.3, -0.25) is 14.1 Å². The molecule has 1 aromatic carbocycles. The van der Waals surface area contributed by atoms with E-state index in [4.69, 9.17) is 0 Å². The average Bonchev–Trinajstić information content (AvgIpc) is 3.65. The summed E-state index contributed by atoms with van der Waals surface area (Å²) < 4.78 is 6.81. The number of aromatic nitrogens is 7. The SMILES string of the molecule is CCCCc1cn(-c2c(Br)ccn2CCC)c(=O)n1CC1(c2cccc(-c3nnn[nH]3)c2)C=CN=CC1. The summed E-state index contributed by atoms with van der Waals surface area (Å²) in [5.74, 6) is 1.48. The lowest BCUT2D eigenvalue weighted by atomic mass is 9.76. The molecule has 1 N–H and O–H groups in total. The highest BCUT2D eigenvalue weighted by Gasteiger charge is 2.33. The molecular weight excluding hydrogens is 532 g/mol. The Hall–Kier alpha value is -3.53. The van der Waals surface area contributed by atoms with Gasteiger partial charge in [0.25, 0.3) is 0 Å². The molecular formula is C27H31BrN8O. The molecule has 0 radical (unpaired) electrons. The molecule has 0 spiro atoms. The minimum atomic E-state index is -0.440. The normalized spacial score (nSPS) is 17.1. The molecule has 9 nitrogen and oxygen atoms in total. The first-order valence-electron chi connectivity index (χ1n) is 12.8. The molecule has 4 heterocycles. The van der Waals surface area contributed by atoms with Crippen molar-refractivity contribution in [1.82, 2.24) is 34.3 Å². The molecule has 0 saturated carbocycles. The number of H-pyrrole nitrogens is 1. The lowest BCUT2D eigenvalue weighted by Crippen LogP contribution is -2.37. The van der Waals surface area contributed by atoms with Crippen LogP contribution in [-0.2, 0) is 24.9 Å². The molecule has 0 fully saturated rings. The predicted molar refractivity (Wildman–Crippen MR) is 148 cm³/mol. The second-order valence-corrected chi connectivity index (χ2v) is 10.3. The van der Waals surface area contributed by atoms with Gasteiger partial charge >= 0.3 is 5.69 Å². The lowest BCUT2D eigenvalue weighted by Gasteiger charge is -2.32. The fourth-order valence-corrected chi connectivity index (χ4v) is 5.55. The quantitative estimate of drug-likeness (QED) is 0.292. The molecule has 0 amide bonds. The van der Waals surface area contributed by atoms with E-state index >= 15 is 0 Å². The molecule has 3 aromatic heterocycles. The number of rotatable bonds is 10. The highest BCUT2D eigenvalue weighted by atomic mass is 79.9. The zero-order chi connectivity index (χ0) is 25.8. The van der Waals surface area contributed by atoms with Gasteiger partial charge in [0.15, 0.2) is 5.82 Å². The van der Waals surface area contributed by atoms with Gasteiger partial charge in [-0.1, -0.05) is 44.5 Å². The third-order valence-electron chi connectivity index (χ3n) is 6.96. The van der Waals surface area contributed by atoms with Crippen LogP contribution in [0, 0.1) is 0 Å². The Kier molecular flexibility index (Phi) is 7.36. The third kappa shape index (κ3) is 4.90. The van der Waals surface area contributed by atoms with E-state index in [1.807, 2.05) is 47.6 Å². The number of benzene rings is 1. The molecule has 0 aliphatic carbocycles. The summed E-state index contributed by atoms with van der Waals surface area (Å²) in [6.45, 7) is 5.66. The maximum Gasteiger partial charge on any atom is 0.334 e. The van der Waals surface area contributed by atoms with Crippen molar-refractivity contribution in [3.05, 3.63) is 81.2 Å². The van der Waals surface area contributed by atoms with E-state index < -0.39 is 5.41 Å². The summed E-state index contributed by atoms with van der Waals surface area (Å²) in [5, 5.41) is 14.4.